The first-order chi connectivity index (χ1) is 30.8. The lowest BCUT2D eigenvalue weighted by Crippen LogP contribution is -2.55. The molecule has 2 aliphatic carbocycles. The smallest absolute Gasteiger partial charge is 0.206 e. The van der Waals surface area contributed by atoms with Crippen LogP contribution in [0, 0.1) is 0 Å². The van der Waals surface area contributed by atoms with E-state index in [1.54, 1.807) is 87.0 Å². The molecule has 64 heavy (non-hydrogen) atoms. The minimum atomic E-state index is -3.54. The molecule has 4 aromatic carbocycles. The molecule has 12 heteroatoms. The van der Waals surface area contributed by atoms with Crippen LogP contribution >= 0.6 is 0 Å². The average molecular weight is 913 g/mol. The van der Waals surface area contributed by atoms with Crippen molar-refractivity contribution in [1.82, 2.24) is 19.6 Å². The van der Waals surface area contributed by atoms with Crippen molar-refractivity contribution < 1.29 is 26.3 Å². The predicted molar refractivity (Wildman–Crippen MR) is 256 cm³/mol. The number of methoxy groups -OCH3 is 2. The van der Waals surface area contributed by atoms with Gasteiger partial charge in [-0.05, 0) is 137 Å². The van der Waals surface area contributed by atoms with Crippen LogP contribution in [0.25, 0.3) is 0 Å². The number of sulfone groups is 2. The highest BCUT2D eigenvalue weighted by molar-refractivity contribution is 7.91. The van der Waals surface area contributed by atoms with Gasteiger partial charge in [0.15, 0.2) is 0 Å². The van der Waals surface area contributed by atoms with Crippen molar-refractivity contribution in [1.29, 1.82) is 0 Å². The molecule has 8 rings (SSSR count). The fourth-order valence-electron chi connectivity index (χ4n) is 10.7. The van der Waals surface area contributed by atoms with Crippen LogP contribution in [0.4, 0.5) is 0 Å². The van der Waals surface area contributed by atoms with Gasteiger partial charge in [-0.2, -0.15) is 0 Å². The Morgan fingerprint density at radius 3 is 1.03 bits per heavy atom. The lowest BCUT2D eigenvalue weighted by atomic mass is 9.93. The number of nitrogens with zero attached hydrogens (tertiary/aromatic N) is 4. The summed E-state index contributed by atoms with van der Waals surface area (Å²) < 4.78 is 62.3. The number of rotatable bonds is 12. The van der Waals surface area contributed by atoms with E-state index < -0.39 is 19.7 Å². The Labute approximate surface area is 384 Å². The van der Waals surface area contributed by atoms with E-state index in [-0.39, 0.29) is 21.9 Å². The standard InChI is InChI=1S/2C26H36N2O3S/c2*1-20-19-27(23-7-5-4-6-8-23)17-18-28(20)21(2)22-9-13-25(14-10-22)32(29,30)26-15-11-24(31-3)12-16-26/h2*9-16,20-21,23H,4-8,17-19H2,1-3H3/t20-,21+;20-,21-/m11/s1. The average Bonchev–Trinajstić information content (AvgIpc) is 3.34. The fourth-order valence-corrected chi connectivity index (χ4v) is 13.2. The van der Waals surface area contributed by atoms with Crippen LogP contribution in [0.2, 0.25) is 0 Å². The van der Waals surface area contributed by atoms with Gasteiger partial charge in [0.25, 0.3) is 0 Å². The molecule has 4 fully saturated rings. The van der Waals surface area contributed by atoms with Crippen LogP contribution in [0.3, 0.4) is 0 Å². The minimum absolute atomic E-state index is 0.260. The third kappa shape index (κ3) is 11.2. The highest BCUT2D eigenvalue weighted by Crippen LogP contribution is 2.33. The van der Waals surface area contributed by atoms with Crippen molar-refractivity contribution >= 4 is 19.7 Å². The molecule has 4 aromatic rings. The van der Waals surface area contributed by atoms with E-state index in [0.29, 0.717) is 33.4 Å². The Kier molecular flexibility index (Phi) is 16.3. The Balaban J connectivity index is 0.000000191. The van der Waals surface area contributed by atoms with Gasteiger partial charge in [0, 0.05) is 75.5 Å². The number of benzene rings is 4. The zero-order valence-corrected chi connectivity index (χ0v) is 40.7. The molecule has 4 atom stereocenters. The second-order valence-corrected chi connectivity index (χ2v) is 22.5. The molecule has 0 unspecified atom stereocenters. The molecule has 0 spiro atoms. The summed E-state index contributed by atoms with van der Waals surface area (Å²) in [5.41, 5.74) is 2.33. The molecular weight excluding hydrogens is 841 g/mol. The van der Waals surface area contributed by atoms with Gasteiger partial charge >= 0.3 is 0 Å². The van der Waals surface area contributed by atoms with Gasteiger partial charge in [-0.25, -0.2) is 16.8 Å². The van der Waals surface area contributed by atoms with Gasteiger partial charge in [-0.15, -0.1) is 0 Å². The Hall–Kier alpha value is -3.78. The molecule has 2 heterocycles. The van der Waals surface area contributed by atoms with Crippen molar-refractivity contribution in [2.45, 2.75) is 148 Å². The minimum Gasteiger partial charge on any atom is -0.497 e. The second kappa shape index (κ2) is 21.7. The lowest BCUT2D eigenvalue weighted by molar-refractivity contribution is 0.0225. The quantitative estimate of drug-likeness (QED) is 0.137. The summed E-state index contributed by atoms with van der Waals surface area (Å²) in [5.74, 6) is 1.29. The molecule has 2 aliphatic heterocycles. The summed E-state index contributed by atoms with van der Waals surface area (Å²) in [6.45, 7) is 15.8. The van der Waals surface area contributed by atoms with Crippen molar-refractivity contribution in [3.05, 3.63) is 108 Å². The third-order valence-corrected chi connectivity index (χ3v) is 18.3. The summed E-state index contributed by atoms with van der Waals surface area (Å²) in [6.07, 6.45) is 13.7. The number of hydrogen-bond donors (Lipinski definition) is 0. The Morgan fingerprint density at radius 2 is 0.750 bits per heavy atom. The Morgan fingerprint density at radius 1 is 0.453 bits per heavy atom. The lowest BCUT2D eigenvalue weighted by Gasteiger charge is -2.46. The zero-order chi connectivity index (χ0) is 45.4. The molecule has 10 nitrogen and oxygen atoms in total. The first kappa shape index (κ1) is 48.2. The maximum absolute atomic E-state index is 13.0. The van der Waals surface area contributed by atoms with Crippen LogP contribution < -0.4 is 9.47 Å². The van der Waals surface area contributed by atoms with E-state index in [9.17, 15) is 16.8 Å². The van der Waals surface area contributed by atoms with Crippen LogP contribution in [-0.2, 0) is 19.7 Å². The molecule has 2 saturated carbocycles. The van der Waals surface area contributed by atoms with Gasteiger partial charge < -0.3 is 9.47 Å². The third-order valence-electron chi connectivity index (χ3n) is 14.7. The van der Waals surface area contributed by atoms with Gasteiger partial charge in [-0.3, -0.25) is 19.6 Å². The molecule has 0 bridgehead atoms. The first-order valence-electron chi connectivity index (χ1n) is 23.8. The number of ether oxygens (including phenoxy) is 2. The first-order valence-corrected chi connectivity index (χ1v) is 26.7. The topological polar surface area (TPSA) is 99.7 Å². The fraction of sp³-hybridized carbons (Fsp3) is 0.538. The molecule has 348 valence electrons. The van der Waals surface area contributed by atoms with Crippen LogP contribution in [-0.4, -0.2) is 114 Å². The number of hydrogen-bond acceptors (Lipinski definition) is 10. The van der Waals surface area contributed by atoms with Gasteiger partial charge in [-0.1, -0.05) is 62.8 Å². The van der Waals surface area contributed by atoms with E-state index in [4.69, 9.17) is 9.47 Å². The van der Waals surface area contributed by atoms with Gasteiger partial charge in [0.1, 0.15) is 11.5 Å². The Bertz CT molecular complexity index is 2130. The van der Waals surface area contributed by atoms with Crippen LogP contribution in [0.15, 0.2) is 117 Å². The normalized spacial score (nSPS) is 22.5. The largest absolute Gasteiger partial charge is 0.497 e. The molecule has 2 saturated heterocycles. The molecule has 0 amide bonds. The van der Waals surface area contributed by atoms with E-state index in [1.165, 1.54) is 64.2 Å². The van der Waals surface area contributed by atoms with E-state index in [2.05, 4.69) is 47.3 Å². The van der Waals surface area contributed by atoms with Crippen molar-refractivity contribution in [2.75, 3.05) is 53.5 Å². The summed E-state index contributed by atoms with van der Waals surface area (Å²) in [5, 5.41) is 0. The molecule has 0 N–H and O–H groups in total. The van der Waals surface area contributed by atoms with Crippen LogP contribution in [0.5, 0.6) is 11.5 Å². The summed E-state index contributed by atoms with van der Waals surface area (Å²) in [6, 6.07) is 31.0. The second-order valence-electron chi connectivity index (χ2n) is 18.6. The van der Waals surface area contributed by atoms with E-state index in [0.717, 1.165) is 62.5 Å². The summed E-state index contributed by atoms with van der Waals surface area (Å²) >= 11 is 0. The predicted octanol–water partition coefficient (Wildman–Crippen LogP) is 9.86. The summed E-state index contributed by atoms with van der Waals surface area (Å²) in [4.78, 5) is 11.8. The van der Waals surface area contributed by atoms with Crippen molar-refractivity contribution in [3.63, 3.8) is 0 Å². The van der Waals surface area contributed by atoms with E-state index >= 15 is 0 Å². The van der Waals surface area contributed by atoms with Gasteiger partial charge in [0.05, 0.1) is 33.8 Å². The van der Waals surface area contributed by atoms with Gasteiger partial charge in [0.2, 0.25) is 19.7 Å². The number of piperazine rings is 2. The molecule has 4 aliphatic rings. The monoisotopic (exact) mass is 912 g/mol. The van der Waals surface area contributed by atoms with Crippen molar-refractivity contribution in [3.8, 4) is 11.5 Å². The highest BCUT2D eigenvalue weighted by Gasteiger charge is 2.34. The molecule has 0 radical (unpaired) electrons. The molecule has 0 aromatic heterocycles. The summed E-state index contributed by atoms with van der Waals surface area (Å²) in [7, 11) is -3.94. The zero-order valence-electron chi connectivity index (χ0n) is 39.1. The maximum atomic E-state index is 13.0. The highest BCUT2D eigenvalue weighted by atomic mass is 32.2. The maximum Gasteiger partial charge on any atom is 0.206 e. The molecular formula is C52H72N4O6S2. The SMILES string of the molecule is COc1ccc(S(=O)(=O)c2ccc([C@@H](C)N3CCN(C4CCCCC4)C[C@H]3C)cc2)cc1.COc1ccc(S(=O)(=O)c2ccc([C@H](C)N3CCN(C4CCCCC4)C[C@H]3C)cc2)cc1. The van der Waals surface area contributed by atoms with Crippen molar-refractivity contribution in [2.24, 2.45) is 0 Å². The van der Waals surface area contributed by atoms with Crippen LogP contribution in [0.1, 0.15) is 115 Å². The van der Waals surface area contributed by atoms with E-state index in [1.807, 2.05) is 24.3 Å².